The van der Waals surface area contributed by atoms with E-state index in [-0.39, 0.29) is 5.43 Å². The molecule has 3 rings (SSSR count). The summed E-state index contributed by atoms with van der Waals surface area (Å²) in [4.78, 5) is 15.4. The molecule has 2 heterocycles. The highest BCUT2D eigenvalue weighted by Crippen LogP contribution is 2.22. The van der Waals surface area contributed by atoms with Crippen LogP contribution < -0.4 is 10.7 Å². The zero-order chi connectivity index (χ0) is 11.8. The van der Waals surface area contributed by atoms with Crippen LogP contribution in [-0.2, 0) is 0 Å². The van der Waals surface area contributed by atoms with E-state index in [9.17, 15) is 4.79 Å². The molecule has 1 saturated heterocycles. The SMILES string of the molecule is O=c1cc([C@@H]2CCCN2)[nH]c2ccc(Br)cc12. The van der Waals surface area contributed by atoms with Crippen LogP contribution in [0.15, 0.2) is 33.5 Å². The molecule has 0 amide bonds. The predicted octanol–water partition coefficient (Wildman–Crippen LogP) is 2.72. The molecule has 17 heavy (non-hydrogen) atoms. The Morgan fingerprint density at radius 2 is 2.18 bits per heavy atom. The Morgan fingerprint density at radius 3 is 2.94 bits per heavy atom. The summed E-state index contributed by atoms with van der Waals surface area (Å²) in [6.07, 6.45) is 2.27. The van der Waals surface area contributed by atoms with Gasteiger partial charge in [0.05, 0.1) is 0 Å². The molecule has 0 radical (unpaired) electrons. The fourth-order valence-electron chi connectivity index (χ4n) is 2.38. The fraction of sp³-hybridized carbons (Fsp3) is 0.308. The summed E-state index contributed by atoms with van der Waals surface area (Å²) in [5.74, 6) is 0. The number of nitrogens with one attached hydrogen (secondary N) is 2. The molecule has 1 aromatic carbocycles. The minimum atomic E-state index is 0.0868. The molecule has 4 heteroatoms. The molecule has 1 aliphatic rings. The lowest BCUT2D eigenvalue weighted by atomic mass is 10.1. The van der Waals surface area contributed by atoms with Gasteiger partial charge in [-0.15, -0.1) is 0 Å². The first kappa shape index (κ1) is 11.0. The Labute approximate surface area is 107 Å². The van der Waals surface area contributed by atoms with Crippen molar-refractivity contribution in [2.45, 2.75) is 18.9 Å². The van der Waals surface area contributed by atoms with E-state index in [0.717, 1.165) is 34.0 Å². The average Bonchev–Trinajstić information content (AvgIpc) is 2.83. The molecule has 1 aromatic heterocycles. The van der Waals surface area contributed by atoms with E-state index in [1.165, 1.54) is 6.42 Å². The molecule has 0 bridgehead atoms. The maximum Gasteiger partial charge on any atom is 0.189 e. The number of pyridine rings is 1. The highest BCUT2D eigenvalue weighted by Gasteiger charge is 2.17. The molecule has 1 aliphatic heterocycles. The van der Waals surface area contributed by atoms with Crippen molar-refractivity contribution in [2.75, 3.05) is 6.54 Å². The normalized spacial score (nSPS) is 19.9. The number of benzene rings is 1. The molecule has 3 nitrogen and oxygen atoms in total. The first-order chi connectivity index (χ1) is 8.24. The largest absolute Gasteiger partial charge is 0.357 e. The molecule has 1 fully saturated rings. The first-order valence-electron chi connectivity index (χ1n) is 5.80. The molecule has 1 atom stereocenters. The Morgan fingerprint density at radius 1 is 1.29 bits per heavy atom. The topological polar surface area (TPSA) is 44.9 Å². The van der Waals surface area contributed by atoms with Crippen molar-refractivity contribution in [3.05, 3.63) is 44.7 Å². The van der Waals surface area contributed by atoms with E-state index in [2.05, 4.69) is 26.2 Å². The van der Waals surface area contributed by atoms with Gasteiger partial charge in [-0.05, 0) is 37.6 Å². The zero-order valence-corrected chi connectivity index (χ0v) is 10.9. The summed E-state index contributed by atoms with van der Waals surface area (Å²) in [5, 5.41) is 4.13. The van der Waals surface area contributed by atoms with Crippen molar-refractivity contribution in [3.8, 4) is 0 Å². The predicted molar refractivity (Wildman–Crippen MR) is 72.2 cm³/mol. The van der Waals surface area contributed by atoms with Gasteiger partial charge in [-0.1, -0.05) is 15.9 Å². The quantitative estimate of drug-likeness (QED) is 0.849. The van der Waals surface area contributed by atoms with Crippen LogP contribution in [0, 0.1) is 0 Å². The van der Waals surface area contributed by atoms with Gasteiger partial charge < -0.3 is 10.3 Å². The number of H-pyrrole nitrogens is 1. The molecule has 0 saturated carbocycles. The van der Waals surface area contributed by atoms with Gasteiger partial charge in [0, 0.05) is 33.2 Å². The number of aromatic nitrogens is 1. The van der Waals surface area contributed by atoms with Gasteiger partial charge in [0.15, 0.2) is 5.43 Å². The van der Waals surface area contributed by atoms with E-state index >= 15 is 0 Å². The first-order valence-corrected chi connectivity index (χ1v) is 6.59. The van der Waals surface area contributed by atoms with E-state index in [0.29, 0.717) is 6.04 Å². The van der Waals surface area contributed by atoms with Crippen molar-refractivity contribution in [1.29, 1.82) is 0 Å². The second kappa shape index (κ2) is 4.27. The second-order valence-corrected chi connectivity index (χ2v) is 5.34. The summed E-state index contributed by atoms with van der Waals surface area (Å²) in [6.45, 7) is 1.03. The average molecular weight is 293 g/mol. The number of hydrogen-bond donors (Lipinski definition) is 2. The Bertz CT molecular complexity index is 614. The summed E-state index contributed by atoms with van der Waals surface area (Å²) in [6, 6.07) is 7.78. The summed E-state index contributed by atoms with van der Waals surface area (Å²) in [7, 11) is 0. The summed E-state index contributed by atoms with van der Waals surface area (Å²) in [5.41, 5.74) is 2.00. The lowest BCUT2D eigenvalue weighted by Gasteiger charge is -2.11. The zero-order valence-electron chi connectivity index (χ0n) is 9.29. The van der Waals surface area contributed by atoms with Crippen LogP contribution in [0.1, 0.15) is 24.6 Å². The molecule has 0 aliphatic carbocycles. The standard InChI is InChI=1S/C13H13BrN2O/c14-8-3-4-10-9(6-8)13(17)7-12(16-10)11-2-1-5-15-11/h3-4,6-7,11,15H,1-2,5H2,(H,16,17)/t11-/m0/s1. The van der Waals surface area contributed by atoms with Crippen molar-refractivity contribution in [2.24, 2.45) is 0 Å². The molecule has 0 unspecified atom stereocenters. The Balaban J connectivity index is 2.17. The van der Waals surface area contributed by atoms with Crippen LogP contribution in [0.4, 0.5) is 0 Å². The number of aromatic amines is 1. The molecule has 2 aromatic rings. The van der Waals surface area contributed by atoms with Crippen LogP contribution in [-0.4, -0.2) is 11.5 Å². The van der Waals surface area contributed by atoms with Crippen molar-refractivity contribution in [3.63, 3.8) is 0 Å². The Hall–Kier alpha value is -1.13. The summed E-state index contributed by atoms with van der Waals surface area (Å²) < 4.78 is 0.933. The highest BCUT2D eigenvalue weighted by atomic mass is 79.9. The number of rotatable bonds is 1. The molecular weight excluding hydrogens is 280 g/mol. The van der Waals surface area contributed by atoms with Crippen molar-refractivity contribution >= 4 is 26.8 Å². The summed E-state index contributed by atoms with van der Waals surface area (Å²) >= 11 is 3.39. The van der Waals surface area contributed by atoms with Crippen molar-refractivity contribution < 1.29 is 0 Å². The fourth-order valence-corrected chi connectivity index (χ4v) is 2.74. The van der Waals surface area contributed by atoms with Crippen LogP contribution in [0.3, 0.4) is 0 Å². The van der Waals surface area contributed by atoms with E-state index in [1.54, 1.807) is 6.07 Å². The van der Waals surface area contributed by atoms with Gasteiger partial charge >= 0.3 is 0 Å². The van der Waals surface area contributed by atoms with Crippen molar-refractivity contribution in [1.82, 2.24) is 10.3 Å². The lowest BCUT2D eigenvalue weighted by Crippen LogP contribution is -2.17. The van der Waals surface area contributed by atoms with Crippen LogP contribution in [0.5, 0.6) is 0 Å². The van der Waals surface area contributed by atoms with Crippen LogP contribution >= 0.6 is 15.9 Å². The van der Waals surface area contributed by atoms with Crippen LogP contribution in [0.25, 0.3) is 10.9 Å². The third-order valence-electron chi connectivity index (χ3n) is 3.25. The monoisotopic (exact) mass is 292 g/mol. The van der Waals surface area contributed by atoms with Gasteiger partial charge in [0.2, 0.25) is 0 Å². The minimum absolute atomic E-state index is 0.0868. The Kier molecular flexibility index (Phi) is 2.76. The molecule has 0 spiro atoms. The molecule has 88 valence electrons. The van der Waals surface area contributed by atoms with Gasteiger partial charge in [0.1, 0.15) is 0 Å². The third-order valence-corrected chi connectivity index (χ3v) is 3.74. The number of hydrogen-bond acceptors (Lipinski definition) is 2. The van der Waals surface area contributed by atoms with Gasteiger partial charge in [-0.25, -0.2) is 0 Å². The molecular formula is C13H13BrN2O. The minimum Gasteiger partial charge on any atom is -0.357 e. The maximum absolute atomic E-state index is 12.0. The number of halogens is 1. The van der Waals surface area contributed by atoms with E-state index in [4.69, 9.17) is 0 Å². The number of fused-ring (bicyclic) bond motifs is 1. The highest BCUT2D eigenvalue weighted by molar-refractivity contribution is 9.10. The maximum atomic E-state index is 12.0. The smallest absolute Gasteiger partial charge is 0.189 e. The van der Waals surface area contributed by atoms with Gasteiger partial charge in [-0.3, -0.25) is 4.79 Å². The molecule has 2 N–H and O–H groups in total. The van der Waals surface area contributed by atoms with Gasteiger partial charge in [-0.2, -0.15) is 0 Å². The third kappa shape index (κ3) is 2.03. The van der Waals surface area contributed by atoms with E-state index < -0.39 is 0 Å². The lowest BCUT2D eigenvalue weighted by molar-refractivity contribution is 0.630. The second-order valence-electron chi connectivity index (χ2n) is 4.43. The van der Waals surface area contributed by atoms with E-state index in [1.807, 2.05) is 18.2 Å². The van der Waals surface area contributed by atoms with Gasteiger partial charge in [0.25, 0.3) is 0 Å². The van der Waals surface area contributed by atoms with Crippen LogP contribution in [0.2, 0.25) is 0 Å².